The molecule has 0 rings (SSSR count). The summed E-state index contributed by atoms with van der Waals surface area (Å²) in [6, 6.07) is 0. The Bertz CT molecular complexity index is 320. The molecule has 0 fully saturated rings. The largest absolute Gasteiger partial charge is 0.379 e. The third-order valence-electron chi connectivity index (χ3n) is 4.58. The lowest BCUT2D eigenvalue weighted by Gasteiger charge is -2.05. The number of halogens is 1. The van der Waals surface area contributed by atoms with Gasteiger partial charge in [-0.25, -0.2) is 0 Å². The van der Waals surface area contributed by atoms with Crippen LogP contribution in [0.2, 0.25) is 0 Å². The van der Waals surface area contributed by atoms with E-state index in [1.165, 1.54) is 44.9 Å². The van der Waals surface area contributed by atoms with Crippen molar-refractivity contribution in [2.45, 2.75) is 179 Å². The Morgan fingerprint density at radius 1 is 0.432 bits per heavy atom. The summed E-state index contributed by atoms with van der Waals surface area (Å²) in [5, 5.41) is 0. The van der Waals surface area contributed by atoms with Crippen LogP contribution in [-0.4, -0.2) is 44.8 Å². The van der Waals surface area contributed by atoms with Gasteiger partial charge in [0.2, 0.25) is 0 Å². The van der Waals surface area contributed by atoms with Crippen LogP contribution in [0.4, 0.5) is 4.39 Å². The SMILES string of the molecule is CC(C)CCC[18F].CCCC(C)C.CCCCCOC(C)C.CCCCOC(C)C.CCCOC(C)C. The van der Waals surface area contributed by atoms with Crippen LogP contribution in [0, 0.1) is 11.8 Å². The lowest BCUT2D eigenvalue weighted by Crippen LogP contribution is -2.03. The molecule has 0 bridgehead atoms. The van der Waals surface area contributed by atoms with Gasteiger partial charge in [-0.2, -0.15) is 0 Å². The Labute approximate surface area is 236 Å². The van der Waals surface area contributed by atoms with Crippen LogP contribution in [0.25, 0.3) is 0 Å². The molecule has 0 saturated heterocycles. The molecule has 0 aromatic rings. The Balaban J connectivity index is -0.000000116. The van der Waals surface area contributed by atoms with Crippen molar-refractivity contribution in [3.05, 3.63) is 0 Å². The first kappa shape index (κ1) is 46.6. The second-order valence-electron chi connectivity index (χ2n) is 11.2. The molecule has 0 aromatic carbocycles. The van der Waals surface area contributed by atoms with Gasteiger partial charge in [0.25, 0.3) is 0 Å². The van der Waals surface area contributed by atoms with Crippen molar-refractivity contribution in [1.29, 1.82) is 0 Å². The van der Waals surface area contributed by atoms with Gasteiger partial charge in [-0.05, 0) is 85.5 Å². The monoisotopic (exact) mass is 538 g/mol. The molecular formula is C33H75FO3. The Morgan fingerprint density at radius 3 is 1.05 bits per heavy atom. The van der Waals surface area contributed by atoms with Crippen LogP contribution < -0.4 is 0 Å². The van der Waals surface area contributed by atoms with E-state index in [9.17, 15) is 4.39 Å². The number of alkyl halides is 1. The predicted octanol–water partition coefficient (Wildman–Crippen LogP) is 11.5. The van der Waals surface area contributed by atoms with Crippen LogP contribution in [0.15, 0.2) is 0 Å². The highest BCUT2D eigenvalue weighted by Gasteiger charge is 1.91. The van der Waals surface area contributed by atoms with Gasteiger partial charge in [-0.3, -0.25) is 4.39 Å². The predicted molar refractivity (Wildman–Crippen MR) is 168 cm³/mol. The molecule has 0 aromatic heterocycles. The molecule has 0 aliphatic carbocycles. The first-order valence-corrected chi connectivity index (χ1v) is 15.8. The van der Waals surface area contributed by atoms with E-state index in [1.54, 1.807) is 0 Å². The number of unbranched alkanes of at least 4 members (excludes halogenated alkanes) is 3. The van der Waals surface area contributed by atoms with E-state index >= 15 is 0 Å². The first-order chi connectivity index (χ1) is 17.4. The number of ether oxygens (including phenoxy) is 3. The van der Waals surface area contributed by atoms with Gasteiger partial charge in [0.05, 0.1) is 25.0 Å². The summed E-state index contributed by atoms with van der Waals surface area (Å²) in [5.41, 5.74) is 0. The highest BCUT2D eigenvalue weighted by Crippen LogP contribution is 2.02. The fraction of sp³-hybridized carbons (Fsp3) is 1.00. The third-order valence-corrected chi connectivity index (χ3v) is 4.58. The number of hydrogen-bond donors (Lipinski definition) is 0. The highest BCUT2D eigenvalue weighted by atomic mass is 18.2. The second kappa shape index (κ2) is 42.9. The van der Waals surface area contributed by atoms with E-state index in [1.807, 2.05) is 0 Å². The first-order valence-electron chi connectivity index (χ1n) is 15.8. The zero-order valence-corrected chi connectivity index (χ0v) is 28.4. The molecule has 0 aliphatic rings. The number of rotatable bonds is 17. The molecule has 0 spiro atoms. The van der Waals surface area contributed by atoms with E-state index in [0.29, 0.717) is 24.2 Å². The van der Waals surface area contributed by atoms with Gasteiger partial charge in [-0.15, -0.1) is 0 Å². The van der Waals surface area contributed by atoms with E-state index < -0.39 is 0 Å². The van der Waals surface area contributed by atoms with Crippen molar-refractivity contribution in [3.63, 3.8) is 0 Å². The van der Waals surface area contributed by atoms with Crippen molar-refractivity contribution in [3.8, 4) is 0 Å². The molecule has 4 heteroatoms. The minimum atomic E-state index is -0.155. The van der Waals surface area contributed by atoms with Gasteiger partial charge in [-0.1, -0.05) is 87.5 Å². The lowest BCUT2D eigenvalue weighted by molar-refractivity contribution is 0.0759. The lowest BCUT2D eigenvalue weighted by atomic mass is 10.1. The summed E-state index contributed by atoms with van der Waals surface area (Å²) >= 11 is 0. The van der Waals surface area contributed by atoms with E-state index in [0.717, 1.165) is 45.0 Å². The van der Waals surface area contributed by atoms with Gasteiger partial charge in [0.1, 0.15) is 0 Å². The van der Waals surface area contributed by atoms with Gasteiger partial charge >= 0.3 is 0 Å². The molecule has 0 heterocycles. The molecule has 0 N–H and O–H groups in total. The zero-order chi connectivity index (χ0) is 29.9. The quantitative estimate of drug-likeness (QED) is 0.173. The van der Waals surface area contributed by atoms with Crippen LogP contribution in [-0.2, 0) is 14.2 Å². The van der Waals surface area contributed by atoms with Crippen molar-refractivity contribution in [2.24, 2.45) is 11.8 Å². The van der Waals surface area contributed by atoms with Gasteiger partial charge < -0.3 is 14.2 Å². The van der Waals surface area contributed by atoms with Crippen LogP contribution in [0.5, 0.6) is 0 Å². The fourth-order valence-corrected chi connectivity index (χ4v) is 2.55. The number of hydrogen-bond acceptors (Lipinski definition) is 3. The Kier molecular flexibility index (Phi) is 54.1. The molecule has 232 valence electrons. The smallest absolute Gasteiger partial charge is 0.0894 e. The minimum Gasteiger partial charge on any atom is -0.379 e. The Morgan fingerprint density at radius 2 is 0.838 bits per heavy atom. The van der Waals surface area contributed by atoms with Crippen LogP contribution >= 0.6 is 0 Å². The van der Waals surface area contributed by atoms with E-state index in [4.69, 9.17) is 14.2 Å². The summed E-state index contributed by atoms with van der Waals surface area (Å²) in [6.45, 7) is 32.4. The van der Waals surface area contributed by atoms with Crippen LogP contribution in [0.1, 0.15) is 161 Å². The van der Waals surface area contributed by atoms with Crippen molar-refractivity contribution >= 4 is 0 Å². The average Bonchev–Trinajstić information content (AvgIpc) is 2.80. The Hall–Kier alpha value is -0.190. The topological polar surface area (TPSA) is 27.7 Å². The summed E-state index contributed by atoms with van der Waals surface area (Å²) in [5.74, 6) is 1.56. The maximum atomic E-state index is 11.4. The van der Waals surface area contributed by atoms with Gasteiger partial charge in [0, 0.05) is 19.8 Å². The molecule has 0 radical (unpaired) electrons. The fourth-order valence-electron chi connectivity index (χ4n) is 2.55. The molecule has 0 unspecified atom stereocenters. The van der Waals surface area contributed by atoms with E-state index in [2.05, 4.69) is 96.9 Å². The highest BCUT2D eigenvalue weighted by molar-refractivity contribution is 4.42. The molecule has 0 saturated carbocycles. The minimum absolute atomic E-state index is 0.155. The molecular weight excluding hydrogens is 462 g/mol. The van der Waals surface area contributed by atoms with Crippen molar-refractivity contribution in [1.82, 2.24) is 0 Å². The normalized spacial score (nSPS) is 10.4. The molecule has 0 amide bonds. The van der Waals surface area contributed by atoms with Gasteiger partial charge in [0.15, 0.2) is 0 Å². The van der Waals surface area contributed by atoms with E-state index in [-0.39, 0.29) is 6.67 Å². The summed E-state index contributed by atoms with van der Waals surface area (Å²) in [6.07, 6.45) is 13.0. The standard InChI is InChI=1S/C8H18O.C7H16O.C6H13F.C6H14O.C6H14/c1-4-5-6-7-9-8(2)3;1-4-5-6-8-7(2)3;1-6(2)4-3-5-7;1-4-5-7-6(2)3;1-4-5-6(2)3/h8H,4-7H2,1-3H3;7H,4-6H2,1-3H3;6H,3-5H2,1-2H3;6H,4-5H2,1-3H3;6H,4-5H2,1-3H3/i;;7-1;;. The molecule has 37 heavy (non-hydrogen) atoms. The summed E-state index contributed by atoms with van der Waals surface area (Å²) < 4.78 is 27.2. The average molecular weight is 538 g/mol. The van der Waals surface area contributed by atoms with Crippen molar-refractivity contribution < 1.29 is 18.6 Å². The second-order valence-corrected chi connectivity index (χ2v) is 11.2. The zero-order valence-electron chi connectivity index (χ0n) is 28.4. The maximum absolute atomic E-state index is 11.4. The molecule has 0 aliphatic heterocycles. The summed E-state index contributed by atoms with van der Waals surface area (Å²) in [4.78, 5) is 0. The molecule has 0 atom stereocenters. The van der Waals surface area contributed by atoms with Crippen LogP contribution in [0.3, 0.4) is 0 Å². The summed E-state index contributed by atoms with van der Waals surface area (Å²) in [7, 11) is 0. The maximum Gasteiger partial charge on any atom is 0.0894 e. The molecule has 3 nitrogen and oxygen atoms in total. The third kappa shape index (κ3) is 86.1. The van der Waals surface area contributed by atoms with Crippen molar-refractivity contribution in [2.75, 3.05) is 26.5 Å².